The van der Waals surface area contributed by atoms with Crippen molar-refractivity contribution in [3.05, 3.63) is 71.8 Å². The van der Waals surface area contributed by atoms with Crippen molar-refractivity contribution in [2.45, 2.75) is 12.6 Å². The summed E-state index contributed by atoms with van der Waals surface area (Å²) in [6.45, 7) is 0.898. The lowest BCUT2D eigenvalue weighted by Gasteiger charge is -2.26. The molecule has 3 rings (SSSR count). The molecule has 0 unspecified atom stereocenters. The Morgan fingerprint density at radius 3 is 2.31 bits per heavy atom. The van der Waals surface area contributed by atoms with Gasteiger partial charge in [-0.1, -0.05) is 36.4 Å². The lowest BCUT2D eigenvalue weighted by Crippen LogP contribution is -2.37. The molecule has 2 aromatic rings. The number of hydrogen-bond donors (Lipinski definition) is 0. The zero-order valence-electron chi connectivity index (χ0n) is 14.0. The van der Waals surface area contributed by atoms with Gasteiger partial charge in [-0.05, 0) is 41.8 Å². The summed E-state index contributed by atoms with van der Waals surface area (Å²) in [6, 6.07) is 14.3. The van der Waals surface area contributed by atoms with E-state index >= 15 is 0 Å². The summed E-state index contributed by atoms with van der Waals surface area (Å²) in [6.07, 6.45) is -1.60. The predicted molar refractivity (Wildman–Crippen MR) is 92.6 cm³/mol. The minimum Gasteiger partial charge on any atom is -0.484 e. The fourth-order valence-corrected chi connectivity index (χ4v) is 2.79. The number of carbonyl (C=O) groups excluding carboxylic acids is 1. The summed E-state index contributed by atoms with van der Waals surface area (Å²) in [7, 11) is 0. The van der Waals surface area contributed by atoms with Crippen molar-refractivity contribution < 1.29 is 22.7 Å². The van der Waals surface area contributed by atoms with Crippen molar-refractivity contribution in [1.29, 1.82) is 0 Å². The van der Waals surface area contributed by atoms with Crippen LogP contribution in [0.2, 0.25) is 0 Å². The standard InChI is InChI=1S/C20H18F3NO2/c21-20(22,23)17-6-8-18(9-7-17)26-14-19(25)24-12-10-16(11-13-24)15-4-2-1-3-5-15/h1-10H,11-14H2. The minimum atomic E-state index is -4.38. The van der Waals surface area contributed by atoms with Crippen LogP contribution in [0.15, 0.2) is 60.7 Å². The highest BCUT2D eigenvalue weighted by Gasteiger charge is 2.30. The van der Waals surface area contributed by atoms with Crippen LogP contribution in [-0.2, 0) is 11.0 Å². The van der Waals surface area contributed by atoms with Crippen LogP contribution in [0, 0.1) is 0 Å². The quantitative estimate of drug-likeness (QED) is 0.808. The highest BCUT2D eigenvalue weighted by Crippen LogP contribution is 2.30. The molecule has 0 atom stereocenters. The second-order valence-electron chi connectivity index (χ2n) is 6.00. The number of benzene rings is 2. The Kier molecular flexibility index (Phi) is 5.30. The number of halogens is 3. The largest absolute Gasteiger partial charge is 0.484 e. The Bertz CT molecular complexity index is 783. The van der Waals surface area contributed by atoms with Crippen molar-refractivity contribution in [3.8, 4) is 5.75 Å². The Hall–Kier alpha value is -2.76. The van der Waals surface area contributed by atoms with E-state index in [4.69, 9.17) is 4.74 Å². The molecule has 0 N–H and O–H groups in total. The zero-order chi connectivity index (χ0) is 18.6. The average Bonchev–Trinajstić information content (AvgIpc) is 2.66. The van der Waals surface area contributed by atoms with E-state index in [0.717, 1.165) is 24.1 Å². The smallest absolute Gasteiger partial charge is 0.416 e. The third-order valence-electron chi connectivity index (χ3n) is 4.25. The second-order valence-corrected chi connectivity index (χ2v) is 6.00. The number of alkyl halides is 3. The summed E-state index contributed by atoms with van der Waals surface area (Å²) in [5.41, 5.74) is 1.62. The molecule has 0 saturated carbocycles. The molecule has 0 bridgehead atoms. The Morgan fingerprint density at radius 2 is 1.73 bits per heavy atom. The number of ether oxygens (including phenoxy) is 1. The van der Waals surface area contributed by atoms with E-state index in [2.05, 4.69) is 0 Å². The predicted octanol–water partition coefficient (Wildman–Crippen LogP) is 4.40. The molecule has 1 amide bonds. The van der Waals surface area contributed by atoms with Gasteiger partial charge in [0.25, 0.3) is 5.91 Å². The van der Waals surface area contributed by atoms with Gasteiger partial charge in [-0.15, -0.1) is 0 Å². The molecule has 0 fully saturated rings. The summed E-state index contributed by atoms with van der Waals surface area (Å²) < 4.78 is 42.9. The Labute approximate surface area is 149 Å². The maximum absolute atomic E-state index is 12.5. The molecule has 1 aliphatic heterocycles. The van der Waals surface area contributed by atoms with Crippen LogP contribution in [0.3, 0.4) is 0 Å². The molecule has 1 heterocycles. The highest BCUT2D eigenvalue weighted by molar-refractivity contribution is 5.79. The highest BCUT2D eigenvalue weighted by atomic mass is 19.4. The molecular formula is C20H18F3NO2. The number of amides is 1. The van der Waals surface area contributed by atoms with Crippen molar-refractivity contribution >= 4 is 11.5 Å². The zero-order valence-corrected chi connectivity index (χ0v) is 14.0. The molecule has 0 aliphatic carbocycles. The SMILES string of the molecule is O=C(COc1ccc(C(F)(F)F)cc1)N1CC=C(c2ccccc2)CC1. The van der Waals surface area contributed by atoms with Gasteiger partial charge >= 0.3 is 6.18 Å². The van der Waals surface area contributed by atoms with Gasteiger partial charge in [0, 0.05) is 13.1 Å². The molecule has 0 aromatic heterocycles. The minimum absolute atomic E-state index is 0.187. The first-order valence-corrected chi connectivity index (χ1v) is 8.26. The molecule has 2 aromatic carbocycles. The molecule has 136 valence electrons. The fraction of sp³-hybridized carbons (Fsp3) is 0.250. The first kappa shape index (κ1) is 18.0. The molecule has 26 heavy (non-hydrogen) atoms. The fourth-order valence-electron chi connectivity index (χ4n) is 2.79. The van der Waals surface area contributed by atoms with Gasteiger partial charge in [-0.25, -0.2) is 0 Å². The van der Waals surface area contributed by atoms with E-state index in [1.165, 1.54) is 17.7 Å². The molecule has 6 heteroatoms. The van der Waals surface area contributed by atoms with Gasteiger partial charge in [0.15, 0.2) is 6.61 Å². The topological polar surface area (TPSA) is 29.5 Å². The summed E-state index contributed by atoms with van der Waals surface area (Å²) in [5, 5.41) is 0. The number of rotatable bonds is 4. The third-order valence-corrected chi connectivity index (χ3v) is 4.25. The average molecular weight is 361 g/mol. The van der Waals surface area contributed by atoms with Crippen LogP contribution in [0.25, 0.3) is 5.57 Å². The van der Waals surface area contributed by atoms with Gasteiger partial charge in [-0.2, -0.15) is 13.2 Å². The van der Waals surface area contributed by atoms with Crippen LogP contribution in [-0.4, -0.2) is 30.5 Å². The van der Waals surface area contributed by atoms with Crippen molar-refractivity contribution in [2.75, 3.05) is 19.7 Å². The molecular weight excluding hydrogens is 343 g/mol. The van der Waals surface area contributed by atoms with Crippen LogP contribution in [0.5, 0.6) is 5.75 Å². The van der Waals surface area contributed by atoms with Crippen molar-refractivity contribution in [2.24, 2.45) is 0 Å². The first-order valence-electron chi connectivity index (χ1n) is 8.26. The molecule has 0 saturated heterocycles. The Balaban J connectivity index is 1.52. The van der Waals surface area contributed by atoms with Crippen LogP contribution in [0.1, 0.15) is 17.5 Å². The molecule has 0 spiro atoms. The van der Waals surface area contributed by atoms with E-state index in [-0.39, 0.29) is 18.3 Å². The maximum atomic E-state index is 12.5. The lowest BCUT2D eigenvalue weighted by atomic mass is 10.00. The first-order chi connectivity index (χ1) is 12.4. The molecule has 1 aliphatic rings. The maximum Gasteiger partial charge on any atom is 0.416 e. The number of carbonyl (C=O) groups is 1. The van der Waals surface area contributed by atoms with E-state index < -0.39 is 11.7 Å². The van der Waals surface area contributed by atoms with Gasteiger partial charge in [0.05, 0.1) is 5.56 Å². The Morgan fingerprint density at radius 1 is 1.04 bits per heavy atom. The van der Waals surface area contributed by atoms with Gasteiger partial charge in [-0.3, -0.25) is 4.79 Å². The summed E-state index contributed by atoms with van der Waals surface area (Å²) in [4.78, 5) is 13.9. The van der Waals surface area contributed by atoms with Crippen LogP contribution in [0.4, 0.5) is 13.2 Å². The van der Waals surface area contributed by atoms with Gasteiger partial charge in [0.1, 0.15) is 5.75 Å². The van der Waals surface area contributed by atoms with E-state index in [1.807, 2.05) is 36.4 Å². The van der Waals surface area contributed by atoms with E-state index in [1.54, 1.807) is 4.90 Å². The van der Waals surface area contributed by atoms with Crippen LogP contribution >= 0.6 is 0 Å². The summed E-state index contributed by atoms with van der Waals surface area (Å²) >= 11 is 0. The third kappa shape index (κ3) is 4.45. The van der Waals surface area contributed by atoms with Crippen molar-refractivity contribution in [1.82, 2.24) is 4.90 Å². The number of hydrogen-bond acceptors (Lipinski definition) is 2. The van der Waals surface area contributed by atoms with Gasteiger partial charge < -0.3 is 9.64 Å². The summed E-state index contributed by atoms with van der Waals surface area (Å²) in [5.74, 6) is 0.0529. The van der Waals surface area contributed by atoms with E-state index in [9.17, 15) is 18.0 Å². The normalized spacial score (nSPS) is 14.7. The second kappa shape index (κ2) is 7.64. The monoisotopic (exact) mass is 361 g/mol. The van der Waals surface area contributed by atoms with Crippen molar-refractivity contribution in [3.63, 3.8) is 0 Å². The molecule has 0 radical (unpaired) electrons. The lowest BCUT2D eigenvalue weighted by molar-refractivity contribution is -0.137. The van der Waals surface area contributed by atoms with Crippen LogP contribution < -0.4 is 4.74 Å². The van der Waals surface area contributed by atoms with E-state index in [0.29, 0.717) is 13.1 Å². The molecule has 3 nitrogen and oxygen atoms in total. The van der Waals surface area contributed by atoms with Gasteiger partial charge in [0.2, 0.25) is 0 Å². The number of nitrogens with zero attached hydrogens (tertiary/aromatic N) is 1.